The van der Waals surface area contributed by atoms with Gasteiger partial charge in [0.1, 0.15) is 31.0 Å². The second-order valence-corrected chi connectivity index (χ2v) is 3.34. The molecular weight excluding hydrogens is 190 g/mol. The molecule has 80 valence electrons. The highest BCUT2D eigenvalue weighted by atomic mass is 16.7. The first-order valence-electron chi connectivity index (χ1n) is 4.44. The van der Waals surface area contributed by atoms with E-state index in [-0.39, 0.29) is 31.0 Å². The summed E-state index contributed by atoms with van der Waals surface area (Å²) in [5.41, 5.74) is 4.85. The number of methoxy groups -OCH3 is 1. The molecule has 0 aromatic rings. The van der Waals surface area contributed by atoms with E-state index in [1.54, 1.807) is 0 Å². The van der Waals surface area contributed by atoms with Crippen LogP contribution in [0.1, 0.15) is 0 Å². The molecule has 4 atom stereocenters. The van der Waals surface area contributed by atoms with Gasteiger partial charge in [-0.1, -0.05) is 0 Å². The highest BCUT2D eigenvalue weighted by Crippen LogP contribution is 2.36. The first-order chi connectivity index (χ1) is 6.72. The van der Waals surface area contributed by atoms with Crippen molar-refractivity contribution in [3.63, 3.8) is 0 Å². The minimum absolute atomic E-state index is 0.0939. The summed E-state index contributed by atoms with van der Waals surface area (Å²) in [5.74, 6) is 0. The van der Waals surface area contributed by atoms with Gasteiger partial charge in [0.25, 0.3) is 0 Å². The van der Waals surface area contributed by atoms with Gasteiger partial charge in [-0.05, 0) is 0 Å². The van der Waals surface area contributed by atoms with Crippen molar-refractivity contribution in [2.24, 2.45) is 5.73 Å². The monoisotopic (exact) mass is 203 g/mol. The highest BCUT2D eigenvalue weighted by Gasteiger charge is 2.54. The Bertz CT molecular complexity index is 234. The van der Waals surface area contributed by atoms with E-state index < -0.39 is 6.09 Å². The van der Waals surface area contributed by atoms with Gasteiger partial charge in [0.15, 0.2) is 0 Å². The molecule has 2 heterocycles. The van der Waals surface area contributed by atoms with Crippen LogP contribution in [0.2, 0.25) is 0 Å². The number of hydrogen-bond donors (Lipinski definition) is 1. The van der Waals surface area contributed by atoms with Crippen LogP contribution in [0, 0.1) is 0 Å². The van der Waals surface area contributed by atoms with Crippen LogP contribution in [0.5, 0.6) is 0 Å². The van der Waals surface area contributed by atoms with Crippen LogP contribution >= 0.6 is 0 Å². The van der Waals surface area contributed by atoms with Gasteiger partial charge in [-0.3, -0.25) is 0 Å². The lowest BCUT2D eigenvalue weighted by Gasteiger charge is -2.21. The van der Waals surface area contributed by atoms with Crippen molar-refractivity contribution in [2.75, 3.05) is 20.3 Å². The first kappa shape index (κ1) is 9.70. The number of amides is 1. The Labute approximate surface area is 81.2 Å². The molecule has 0 radical (unpaired) electrons. The van der Waals surface area contributed by atoms with Crippen molar-refractivity contribution in [3.05, 3.63) is 0 Å². The molecule has 0 aromatic heterocycles. The average molecular weight is 203 g/mol. The van der Waals surface area contributed by atoms with Crippen LogP contribution < -0.4 is 5.73 Å². The van der Waals surface area contributed by atoms with Crippen molar-refractivity contribution >= 4 is 6.09 Å². The van der Waals surface area contributed by atoms with Crippen LogP contribution in [-0.2, 0) is 18.9 Å². The number of primary amides is 1. The number of carbonyl (C=O) groups is 1. The molecule has 2 saturated heterocycles. The zero-order valence-electron chi connectivity index (χ0n) is 7.84. The van der Waals surface area contributed by atoms with Crippen molar-refractivity contribution in [2.45, 2.75) is 24.4 Å². The molecule has 2 fully saturated rings. The van der Waals surface area contributed by atoms with Gasteiger partial charge < -0.3 is 24.7 Å². The second kappa shape index (κ2) is 3.72. The molecule has 6 heteroatoms. The minimum atomic E-state index is -0.807. The Morgan fingerprint density at radius 3 is 2.93 bits per heavy atom. The SMILES string of the molecule is CO[C@H](COC(N)=O)[C@H]1OC[C@H]2O[C@H]12. The summed E-state index contributed by atoms with van der Waals surface area (Å²) in [4.78, 5) is 10.4. The normalized spacial score (nSPS) is 36.2. The molecule has 14 heavy (non-hydrogen) atoms. The summed E-state index contributed by atoms with van der Waals surface area (Å²) < 4.78 is 20.5. The predicted molar refractivity (Wildman–Crippen MR) is 44.7 cm³/mol. The van der Waals surface area contributed by atoms with Crippen molar-refractivity contribution in [3.8, 4) is 0 Å². The molecule has 6 nitrogen and oxygen atoms in total. The van der Waals surface area contributed by atoms with Gasteiger partial charge in [-0.15, -0.1) is 0 Å². The van der Waals surface area contributed by atoms with E-state index in [0.717, 1.165) is 0 Å². The van der Waals surface area contributed by atoms with Gasteiger partial charge in [-0.25, -0.2) is 4.79 Å². The van der Waals surface area contributed by atoms with Crippen LogP contribution in [0.15, 0.2) is 0 Å². The summed E-state index contributed by atoms with van der Waals surface area (Å²) in [6.07, 6.45) is -0.967. The average Bonchev–Trinajstić information content (AvgIpc) is 2.82. The number of carbonyl (C=O) groups excluding carboxylic acids is 1. The molecule has 0 aliphatic carbocycles. The minimum Gasteiger partial charge on any atom is -0.447 e. The molecule has 0 unspecified atom stereocenters. The Morgan fingerprint density at radius 1 is 1.71 bits per heavy atom. The topological polar surface area (TPSA) is 83.3 Å². The van der Waals surface area contributed by atoms with E-state index in [9.17, 15) is 4.79 Å². The second-order valence-electron chi connectivity index (χ2n) is 3.34. The summed E-state index contributed by atoms with van der Waals surface area (Å²) >= 11 is 0. The Hall–Kier alpha value is -0.850. The van der Waals surface area contributed by atoms with E-state index in [4.69, 9.17) is 19.9 Å². The Morgan fingerprint density at radius 2 is 2.50 bits per heavy atom. The van der Waals surface area contributed by atoms with E-state index >= 15 is 0 Å². The zero-order valence-corrected chi connectivity index (χ0v) is 7.84. The quantitative estimate of drug-likeness (QED) is 0.608. The lowest BCUT2D eigenvalue weighted by atomic mass is 10.1. The van der Waals surface area contributed by atoms with Crippen molar-refractivity contribution in [1.29, 1.82) is 0 Å². The standard InChI is InChI=1S/C8H13NO5/c1-11-4(2-13-8(9)10)6-7-5(14-7)3-12-6/h4-7H,2-3H2,1H3,(H2,9,10)/t4-,5-,6-,7+/m1/s1. The largest absolute Gasteiger partial charge is 0.447 e. The van der Waals surface area contributed by atoms with Gasteiger partial charge in [0.2, 0.25) is 0 Å². The maximum absolute atomic E-state index is 10.4. The third-order valence-corrected chi connectivity index (χ3v) is 2.46. The lowest BCUT2D eigenvalue weighted by molar-refractivity contribution is -0.0833. The third-order valence-electron chi connectivity index (χ3n) is 2.46. The fourth-order valence-electron chi connectivity index (χ4n) is 1.66. The Balaban J connectivity index is 1.82. The van der Waals surface area contributed by atoms with E-state index in [2.05, 4.69) is 4.74 Å². The van der Waals surface area contributed by atoms with Gasteiger partial charge in [-0.2, -0.15) is 0 Å². The van der Waals surface area contributed by atoms with Crippen molar-refractivity contribution in [1.82, 2.24) is 0 Å². The number of rotatable bonds is 4. The molecule has 0 saturated carbocycles. The number of fused-ring (bicyclic) bond motifs is 1. The van der Waals surface area contributed by atoms with Gasteiger partial charge >= 0.3 is 6.09 Å². The fraction of sp³-hybridized carbons (Fsp3) is 0.875. The van der Waals surface area contributed by atoms with E-state index in [1.807, 2.05) is 0 Å². The van der Waals surface area contributed by atoms with Crippen LogP contribution in [0.3, 0.4) is 0 Å². The maximum atomic E-state index is 10.4. The summed E-state index contributed by atoms with van der Waals surface area (Å²) in [6, 6.07) is 0. The molecule has 0 aromatic carbocycles. The molecule has 0 bridgehead atoms. The predicted octanol–water partition coefficient (Wildman–Crippen LogP) is -0.737. The maximum Gasteiger partial charge on any atom is 0.404 e. The van der Waals surface area contributed by atoms with Crippen LogP contribution in [-0.4, -0.2) is 50.8 Å². The van der Waals surface area contributed by atoms with Gasteiger partial charge in [0.05, 0.1) is 6.61 Å². The zero-order chi connectivity index (χ0) is 10.1. The number of epoxide rings is 1. The van der Waals surface area contributed by atoms with Crippen LogP contribution in [0.4, 0.5) is 4.79 Å². The Kier molecular flexibility index (Phi) is 2.58. The molecule has 2 N–H and O–H groups in total. The summed E-state index contributed by atoms with van der Waals surface area (Å²) in [7, 11) is 1.54. The number of hydrogen-bond acceptors (Lipinski definition) is 5. The number of nitrogens with two attached hydrogens (primary N) is 1. The van der Waals surface area contributed by atoms with Crippen LogP contribution in [0.25, 0.3) is 0 Å². The summed E-state index contributed by atoms with van der Waals surface area (Å²) in [6.45, 7) is 0.689. The first-order valence-corrected chi connectivity index (χ1v) is 4.44. The van der Waals surface area contributed by atoms with E-state index in [0.29, 0.717) is 6.61 Å². The highest BCUT2D eigenvalue weighted by molar-refractivity contribution is 5.64. The van der Waals surface area contributed by atoms with Crippen molar-refractivity contribution < 1.29 is 23.7 Å². The molecule has 2 aliphatic rings. The fourth-order valence-corrected chi connectivity index (χ4v) is 1.66. The molecule has 0 spiro atoms. The van der Waals surface area contributed by atoms with Gasteiger partial charge in [0, 0.05) is 7.11 Å². The summed E-state index contributed by atoms with van der Waals surface area (Å²) in [5, 5.41) is 0. The smallest absolute Gasteiger partial charge is 0.404 e. The lowest BCUT2D eigenvalue weighted by Crippen LogP contribution is -2.37. The third kappa shape index (κ3) is 1.82. The van der Waals surface area contributed by atoms with E-state index in [1.165, 1.54) is 7.11 Å². The molecule has 1 amide bonds. The molecule has 2 aliphatic heterocycles. The molecule has 2 rings (SSSR count). The molecular formula is C8H13NO5. The number of ether oxygens (including phenoxy) is 4.